The van der Waals surface area contributed by atoms with E-state index in [1.165, 1.54) is 0 Å². The van der Waals surface area contributed by atoms with E-state index >= 15 is 0 Å². The number of nitrogens with zero attached hydrogens (tertiary/aromatic N) is 3. The molecule has 0 spiro atoms. The van der Waals surface area contributed by atoms with Gasteiger partial charge >= 0.3 is 6.09 Å². The fraction of sp³-hybridized carbons (Fsp3) is 0.286. The van der Waals surface area contributed by atoms with Gasteiger partial charge in [-0.25, -0.2) is 9.78 Å². The van der Waals surface area contributed by atoms with E-state index < -0.39 is 0 Å². The van der Waals surface area contributed by atoms with Gasteiger partial charge in [0, 0.05) is 17.8 Å². The lowest BCUT2D eigenvalue weighted by Gasteiger charge is -2.33. The van der Waals surface area contributed by atoms with Crippen LogP contribution >= 0.6 is 0 Å². The van der Waals surface area contributed by atoms with Crippen LogP contribution < -0.4 is 0 Å². The molecule has 26 heavy (non-hydrogen) atoms. The predicted molar refractivity (Wildman–Crippen MR) is 96.8 cm³/mol. The number of hydrogen-bond donors (Lipinski definition) is 0. The molecule has 0 saturated carbocycles. The lowest BCUT2D eigenvalue weighted by molar-refractivity contribution is 0.0832. The molecule has 1 amide bonds. The number of benzene rings is 1. The summed E-state index contributed by atoms with van der Waals surface area (Å²) in [6.45, 7) is 0.285. The predicted octanol–water partition coefficient (Wildman–Crippen LogP) is 3.91. The molecule has 4 rings (SSSR count). The SMILES string of the molecule is N#Cc1ncccc1C1=CC2CCC(C1)N2C(=O)OCc1ccccc1. The van der Waals surface area contributed by atoms with Gasteiger partial charge in [-0.1, -0.05) is 42.5 Å². The first kappa shape index (κ1) is 16.3. The van der Waals surface area contributed by atoms with Crippen molar-refractivity contribution in [3.63, 3.8) is 0 Å². The van der Waals surface area contributed by atoms with E-state index in [2.05, 4.69) is 17.1 Å². The monoisotopic (exact) mass is 345 g/mol. The standard InChI is InChI=1S/C21H19N3O2/c22-13-20-19(7-4-10-23-20)16-11-17-8-9-18(12-16)24(17)21(25)26-14-15-5-2-1-3-6-15/h1-7,10-11,17-18H,8-9,12,14H2. The van der Waals surface area contributed by atoms with Crippen molar-refractivity contribution in [2.45, 2.75) is 38.0 Å². The van der Waals surface area contributed by atoms with Crippen LogP contribution in [0.1, 0.15) is 36.1 Å². The van der Waals surface area contributed by atoms with Gasteiger partial charge in [-0.05, 0) is 36.5 Å². The first-order valence-electron chi connectivity index (χ1n) is 8.81. The second-order valence-corrected chi connectivity index (χ2v) is 6.65. The second-order valence-electron chi connectivity index (χ2n) is 6.65. The Morgan fingerprint density at radius 2 is 2.08 bits per heavy atom. The molecule has 1 saturated heterocycles. The number of nitriles is 1. The smallest absolute Gasteiger partial charge is 0.410 e. The van der Waals surface area contributed by atoms with Crippen molar-refractivity contribution in [1.29, 1.82) is 5.26 Å². The summed E-state index contributed by atoms with van der Waals surface area (Å²) in [5.74, 6) is 0. The molecule has 2 aliphatic heterocycles. The van der Waals surface area contributed by atoms with Crippen LogP contribution in [0.3, 0.4) is 0 Å². The van der Waals surface area contributed by atoms with Crippen molar-refractivity contribution < 1.29 is 9.53 Å². The fourth-order valence-electron chi connectivity index (χ4n) is 3.86. The molecular weight excluding hydrogens is 326 g/mol. The van der Waals surface area contributed by atoms with E-state index in [-0.39, 0.29) is 24.8 Å². The summed E-state index contributed by atoms with van der Waals surface area (Å²) in [5, 5.41) is 9.29. The van der Waals surface area contributed by atoms with E-state index in [0.717, 1.165) is 36.0 Å². The van der Waals surface area contributed by atoms with Crippen LogP contribution in [-0.4, -0.2) is 28.1 Å². The summed E-state index contributed by atoms with van der Waals surface area (Å²) in [4.78, 5) is 18.6. The van der Waals surface area contributed by atoms with Crippen molar-refractivity contribution in [3.8, 4) is 6.07 Å². The highest BCUT2D eigenvalue weighted by atomic mass is 16.6. The van der Waals surface area contributed by atoms with Crippen molar-refractivity contribution in [2.24, 2.45) is 0 Å². The Labute approximate surface area is 152 Å². The lowest BCUT2D eigenvalue weighted by atomic mass is 9.94. The normalized spacial score (nSPS) is 21.0. The number of ether oxygens (including phenoxy) is 1. The highest BCUT2D eigenvalue weighted by Gasteiger charge is 2.41. The van der Waals surface area contributed by atoms with Crippen LogP contribution in [0.2, 0.25) is 0 Å². The van der Waals surface area contributed by atoms with Crippen molar-refractivity contribution in [3.05, 3.63) is 71.6 Å². The van der Waals surface area contributed by atoms with Gasteiger partial charge in [0.1, 0.15) is 18.4 Å². The summed E-state index contributed by atoms with van der Waals surface area (Å²) in [5.41, 5.74) is 3.41. The fourth-order valence-corrected chi connectivity index (χ4v) is 3.86. The quantitative estimate of drug-likeness (QED) is 0.846. The lowest BCUT2D eigenvalue weighted by Crippen LogP contribution is -2.43. The number of pyridine rings is 1. The largest absolute Gasteiger partial charge is 0.445 e. The van der Waals surface area contributed by atoms with E-state index in [4.69, 9.17) is 4.74 Å². The van der Waals surface area contributed by atoms with Gasteiger partial charge in [0.15, 0.2) is 0 Å². The summed E-state index contributed by atoms with van der Waals surface area (Å²) in [6, 6.07) is 15.8. The maximum absolute atomic E-state index is 12.6. The van der Waals surface area contributed by atoms with E-state index in [0.29, 0.717) is 5.69 Å². The Morgan fingerprint density at radius 1 is 1.23 bits per heavy atom. The molecule has 1 aromatic carbocycles. The molecule has 3 heterocycles. The van der Waals surface area contributed by atoms with Crippen LogP contribution in [0.15, 0.2) is 54.7 Å². The molecule has 2 aromatic rings. The van der Waals surface area contributed by atoms with Crippen molar-refractivity contribution >= 4 is 11.7 Å². The Bertz CT molecular complexity index is 886. The summed E-state index contributed by atoms with van der Waals surface area (Å²) in [6.07, 6.45) is 6.09. The zero-order valence-corrected chi connectivity index (χ0v) is 14.3. The van der Waals surface area contributed by atoms with E-state index in [1.807, 2.05) is 47.4 Å². The minimum atomic E-state index is -0.261. The van der Waals surface area contributed by atoms with Crippen LogP contribution in [0, 0.1) is 11.3 Å². The number of carbonyl (C=O) groups excluding carboxylic acids is 1. The Balaban J connectivity index is 1.50. The van der Waals surface area contributed by atoms with Crippen LogP contribution in [0.4, 0.5) is 4.79 Å². The minimum Gasteiger partial charge on any atom is -0.445 e. The number of rotatable bonds is 3. The molecule has 2 unspecified atom stereocenters. The van der Waals surface area contributed by atoms with E-state index in [9.17, 15) is 10.1 Å². The summed E-state index contributed by atoms with van der Waals surface area (Å²) >= 11 is 0. The number of hydrogen-bond acceptors (Lipinski definition) is 4. The zero-order chi connectivity index (χ0) is 17.9. The molecule has 0 aliphatic carbocycles. The maximum Gasteiger partial charge on any atom is 0.410 e. The molecule has 5 nitrogen and oxygen atoms in total. The Kier molecular flexibility index (Phi) is 4.40. The second kappa shape index (κ2) is 7.01. The average molecular weight is 345 g/mol. The van der Waals surface area contributed by atoms with Gasteiger partial charge in [0.05, 0.1) is 6.04 Å². The number of amides is 1. The third kappa shape index (κ3) is 3.06. The van der Waals surface area contributed by atoms with Crippen LogP contribution in [0.25, 0.3) is 5.57 Å². The number of carbonyl (C=O) groups is 1. The third-order valence-corrected chi connectivity index (χ3v) is 5.07. The van der Waals surface area contributed by atoms with Crippen molar-refractivity contribution in [1.82, 2.24) is 9.88 Å². The van der Waals surface area contributed by atoms with Gasteiger partial charge < -0.3 is 4.74 Å². The average Bonchev–Trinajstić information content (AvgIpc) is 2.96. The molecule has 130 valence electrons. The van der Waals surface area contributed by atoms with Gasteiger partial charge in [-0.3, -0.25) is 4.90 Å². The molecule has 0 radical (unpaired) electrons. The van der Waals surface area contributed by atoms with Crippen LogP contribution in [0.5, 0.6) is 0 Å². The first-order chi connectivity index (χ1) is 12.8. The zero-order valence-electron chi connectivity index (χ0n) is 14.3. The van der Waals surface area contributed by atoms with Gasteiger partial charge in [0.2, 0.25) is 0 Å². The highest BCUT2D eigenvalue weighted by Crippen LogP contribution is 2.39. The minimum absolute atomic E-state index is 0.0266. The summed E-state index contributed by atoms with van der Waals surface area (Å²) < 4.78 is 5.53. The molecule has 0 N–H and O–H groups in total. The topological polar surface area (TPSA) is 66.2 Å². The molecular formula is C21H19N3O2. The molecule has 1 aromatic heterocycles. The Hall–Kier alpha value is -3.13. The molecule has 2 bridgehead atoms. The molecule has 1 fully saturated rings. The molecule has 2 aliphatic rings. The maximum atomic E-state index is 12.6. The Morgan fingerprint density at radius 3 is 2.85 bits per heavy atom. The number of aromatic nitrogens is 1. The van der Waals surface area contributed by atoms with Gasteiger partial charge in [0.25, 0.3) is 0 Å². The van der Waals surface area contributed by atoms with Crippen LogP contribution in [-0.2, 0) is 11.3 Å². The first-order valence-corrected chi connectivity index (χ1v) is 8.81. The molecule has 2 atom stereocenters. The number of fused-ring (bicyclic) bond motifs is 2. The van der Waals surface area contributed by atoms with Gasteiger partial charge in [-0.15, -0.1) is 0 Å². The molecule has 5 heteroatoms. The van der Waals surface area contributed by atoms with E-state index in [1.54, 1.807) is 6.20 Å². The van der Waals surface area contributed by atoms with Gasteiger partial charge in [-0.2, -0.15) is 5.26 Å². The van der Waals surface area contributed by atoms with Crippen molar-refractivity contribution in [2.75, 3.05) is 0 Å². The summed E-state index contributed by atoms with van der Waals surface area (Å²) in [7, 11) is 0. The highest BCUT2D eigenvalue weighted by molar-refractivity contribution is 5.76. The third-order valence-electron chi connectivity index (χ3n) is 5.07.